The zero-order valence-corrected chi connectivity index (χ0v) is 16.4. The Morgan fingerprint density at radius 2 is 1.86 bits per heavy atom. The molecule has 0 atom stereocenters. The quantitative estimate of drug-likeness (QED) is 0.561. The van der Waals surface area contributed by atoms with Crippen LogP contribution in [0.1, 0.15) is 18.4 Å². The van der Waals surface area contributed by atoms with Gasteiger partial charge >= 0.3 is 0 Å². The number of nitrogens with one attached hydrogen (secondary N) is 1. The lowest BCUT2D eigenvalue weighted by Gasteiger charge is -2.33. The molecule has 2 aromatic carbocycles. The van der Waals surface area contributed by atoms with Gasteiger partial charge in [-0.05, 0) is 37.6 Å². The molecule has 0 saturated carbocycles. The van der Waals surface area contributed by atoms with Crippen LogP contribution in [0.15, 0.2) is 53.4 Å². The van der Waals surface area contributed by atoms with Crippen LogP contribution in [0.4, 0.5) is 11.4 Å². The molecule has 150 valence electrons. The van der Waals surface area contributed by atoms with Crippen molar-refractivity contribution in [3.8, 4) is 0 Å². The summed E-state index contributed by atoms with van der Waals surface area (Å²) in [6.07, 6.45) is 1.60. The highest BCUT2D eigenvalue weighted by atomic mass is 32.2. The van der Waals surface area contributed by atoms with Crippen molar-refractivity contribution < 1.29 is 18.1 Å². The van der Waals surface area contributed by atoms with E-state index in [2.05, 4.69) is 4.72 Å². The van der Waals surface area contributed by atoms with E-state index in [4.69, 9.17) is 4.74 Å². The molecule has 1 fully saturated rings. The molecule has 0 amide bonds. The summed E-state index contributed by atoms with van der Waals surface area (Å²) in [5.74, 6) is 0. The highest BCUT2D eigenvalue weighted by Gasteiger charge is 2.27. The molecule has 0 unspecified atom stereocenters. The number of rotatable bonds is 7. The van der Waals surface area contributed by atoms with Crippen molar-refractivity contribution >= 4 is 21.4 Å². The van der Waals surface area contributed by atoms with Crippen molar-refractivity contribution in [3.63, 3.8) is 0 Å². The molecule has 1 aliphatic heterocycles. The number of nitro benzene ring substituents is 1. The van der Waals surface area contributed by atoms with E-state index in [1.165, 1.54) is 19.2 Å². The molecule has 1 saturated heterocycles. The number of hydrogen-bond donors (Lipinski definition) is 1. The van der Waals surface area contributed by atoms with E-state index in [0.29, 0.717) is 25.4 Å². The van der Waals surface area contributed by atoms with Gasteiger partial charge in [0.15, 0.2) is 0 Å². The van der Waals surface area contributed by atoms with E-state index < -0.39 is 14.9 Å². The van der Waals surface area contributed by atoms with Crippen molar-refractivity contribution in [1.29, 1.82) is 0 Å². The Labute approximate surface area is 164 Å². The van der Waals surface area contributed by atoms with Crippen LogP contribution in [0.5, 0.6) is 0 Å². The Morgan fingerprint density at radius 3 is 2.46 bits per heavy atom. The Hall–Kier alpha value is -2.49. The molecule has 9 heteroatoms. The van der Waals surface area contributed by atoms with Crippen LogP contribution in [0.2, 0.25) is 0 Å². The van der Waals surface area contributed by atoms with E-state index in [1.807, 2.05) is 35.2 Å². The molecule has 1 heterocycles. The van der Waals surface area contributed by atoms with E-state index >= 15 is 0 Å². The lowest BCUT2D eigenvalue weighted by atomic mass is 10.1. The number of sulfonamides is 1. The zero-order chi connectivity index (χ0) is 20.1. The van der Waals surface area contributed by atoms with Crippen LogP contribution in [0, 0.1) is 10.1 Å². The summed E-state index contributed by atoms with van der Waals surface area (Å²) < 4.78 is 32.0. The Kier molecular flexibility index (Phi) is 6.28. The predicted octanol–water partition coefficient (Wildman–Crippen LogP) is 2.69. The molecule has 0 bridgehead atoms. The van der Waals surface area contributed by atoms with E-state index in [1.54, 1.807) is 0 Å². The normalized spacial score (nSPS) is 15.5. The number of piperidine rings is 1. The number of benzene rings is 2. The minimum Gasteiger partial charge on any atom is -0.373 e. The summed E-state index contributed by atoms with van der Waals surface area (Å²) in [6.45, 7) is 1.76. The lowest BCUT2D eigenvalue weighted by molar-refractivity contribution is -0.384. The third-order valence-corrected chi connectivity index (χ3v) is 6.25. The molecule has 1 aliphatic rings. The molecule has 0 radical (unpaired) electrons. The maximum Gasteiger partial charge on any atom is 0.293 e. The average molecular weight is 405 g/mol. The Morgan fingerprint density at radius 1 is 1.18 bits per heavy atom. The fraction of sp³-hybridized carbons (Fsp3) is 0.368. The minimum atomic E-state index is -3.74. The molecular weight excluding hydrogens is 382 g/mol. The monoisotopic (exact) mass is 405 g/mol. The van der Waals surface area contributed by atoms with Crippen LogP contribution >= 0.6 is 0 Å². The second-order valence-electron chi connectivity index (χ2n) is 6.60. The van der Waals surface area contributed by atoms with Crippen molar-refractivity contribution in [2.24, 2.45) is 0 Å². The van der Waals surface area contributed by atoms with Gasteiger partial charge in [0.2, 0.25) is 10.0 Å². The summed E-state index contributed by atoms with van der Waals surface area (Å²) in [4.78, 5) is 12.7. The van der Waals surface area contributed by atoms with Gasteiger partial charge in [0, 0.05) is 19.2 Å². The molecule has 0 spiro atoms. The van der Waals surface area contributed by atoms with Gasteiger partial charge in [-0.1, -0.05) is 30.3 Å². The molecule has 0 aliphatic carbocycles. The number of ether oxygens (including phenoxy) is 1. The topological polar surface area (TPSA) is 102 Å². The summed E-state index contributed by atoms with van der Waals surface area (Å²) in [5.41, 5.74) is 1.34. The molecule has 2 aromatic rings. The Bertz CT molecular complexity index is 926. The van der Waals surface area contributed by atoms with Crippen LogP contribution < -0.4 is 9.62 Å². The van der Waals surface area contributed by atoms with Crippen LogP contribution in [0.3, 0.4) is 0 Å². The fourth-order valence-electron chi connectivity index (χ4n) is 3.25. The van der Waals surface area contributed by atoms with Crippen molar-refractivity contribution in [1.82, 2.24) is 4.72 Å². The predicted molar refractivity (Wildman–Crippen MR) is 106 cm³/mol. The van der Waals surface area contributed by atoms with Gasteiger partial charge in [0.1, 0.15) is 5.69 Å². The first kappa shape index (κ1) is 20.2. The Balaban J connectivity index is 1.67. The number of nitrogens with zero attached hydrogens (tertiary/aromatic N) is 2. The summed E-state index contributed by atoms with van der Waals surface area (Å²) in [6, 6.07) is 13.9. The average Bonchev–Trinajstić information content (AvgIpc) is 2.73. The number of nitro groups is 1. The largest absolute Gasteiger partial charge is 0.373 e. The molecule has 0 aromatic heterocycles. The van der Waals surface area contributed by atoms with E-state index in [0.717, 1.165) is 24.5 Å². The minimum absolute atomic E-state index is 0.0967. The van der Waals surface area contributed by atoms with Gasteiger partial charge in [-0.3, -0.25) is 10.1 Å². The van der Waals surface area contributed by atoms with Gasteiger partial charge in [-0.15, -0.1) is 0 Å². The van der Waals surface area contributed by atoms with E-state index in [-0.39, 0.29) is 16.7 Å². The second kappa shape index (κ2) is 8.68. The van der Waals surface area contributed by atoms with Crippen molar-refractivity contribution in [3.05, 3.63) is 64.2 Å². The van der Waals surface area contributed by atoms with Crippen molar-refractivity contribution in [2.75, 3.05) is 25.0 Å². The highest BCUT2D eigenvalue weighted by molar-refractivity contribution is 7.89. The van der Waals surface area contributed by atoms with Gasteiger partial charge in [-0.2, -0.15) is 0 Å². The molecule has 1 N–H and O–H groups in total. The van der Waals surface area contributed by atoms with Gasteiger partial charge < -0.3 is 9.64 Å². The summed E-state index contributed by atoms with van der Waals surface area (Å²) in [5, 5.41) is 11.5. The molecular formula is C19H23N3O5S. The third-order valence-electron chi connectivity index (χ3n) is 4.83. The molecule has 8 nitrogen and oxygen atoms in total. The summed E-state index contributed by atoms with van der Waals surface area (Å²) >= 11 is 0. The third kappa shape index (κ3) is 4.67. The van der Waals surface area contributed by atoms with Gasteiger partial charge in [-0.25, -0.2) is 13.1 Å². The maximum atomic E-state index is 11.9. The van der Waals surface area contributed by atoms with E-state index in [9.17, 15) is 18.5 Å². The maximum absolute atomic E-state index is 11.9. The molecule has 3 rings (SSSR count). The van der Waals surface area contributed by atoms with Crippen molar-refractivity contribution in [2.45, 2.75) is 30.4 Å². The van der Waals surface area contributed by atoms with Crippen LogP contribution in [0.25, 0.3) is 0 Å². The number of hydrogen-bond acceptors (Lipinski definition) is 6. The van der Waals surface area contributed by atoms with Crippen LogP contribution in [-0.4, -0.2) is 39.6 Å². The van der Waals surface area contributed by atoms with Gasteiger partial charge in [0.25, 0.3) is 5.69 Å². The second-order valence-corrected chi connectivity index (χ2v) is 8.48. The first-order chi connectivity index (χ1) is 13.4. The first-order valence-corrected chi connectivity index (χ1v) is 10.5. The SMILES string of the molecule is CNS(=O)(=O)c1ccc(N2CCC(OCc3ccccc3)CC2)c([N+](=O)[O-])c1. The standard InChI is InChI=1S/C19H23N3O5S/c1-20-28(25,26)17-7-8-18(19(13-17)22(23)24)21-11-9-16(10-12-21)27-14-15-5-3-2-4-6-15/h2-8,13,16,20H,9-12,14H2,1H3. The lowest BCUT2D eigenvalue weighted by Crippen LogP contribution is -2.37. The van der Waals surface area contributed by atoms with Gasteiger partial charge in [0.05, 0.1) is 22.5 Å². The molecule has 28 heavy (non-hydrogen) atoms. The zero-order valence-electron chi connectivity index (χ0n) is 15.6. The van der Waals surface area contributed by atoms with Crippen LogP contribution in [-0.2, 0) is 21.4 Å². The first-order valence-electron chi connectivity index (χ1n) is 9.03. The smallest absolute Gasteiger partial charge is 0.293 e. The highest BCUT2D eigenvalue weighted by Crippen LogP contribution is 2.33. The number of anilines is 1. The fourth-order valence-corrected chi connectivity index (χ4v) is 4.00. The summed E-state index contributed by atoms with van der Waals surface area (Å²) in [7, 11) is -2.46.